The lowest BCUT2D eigenvalue weighted by Gasteiger charge is -2.25. The summed E-state index contributed by atoms with van der Waals surface area (Å²) in [7, 11) is 0. The molecule has 1 aliphatic rings. The standard InChI is InChI=1S/C21H23N7O2/c1-15-9-10-17(28-14-22-25-26-28)12-18(15)23-21(30)24-19(16-6-3-2-4-7-16)13-27-11-5-8-20(27)29/h2-4,6-7,9-10,12,14,19H,5,8,11,13H2,1H3,(H2,23,24,30)/t19-/m0/s1. The maximum absolute atomic E-state index is 12.8. The maximum Gasteiger partial charge on any atom is 0.319 e. The smallest absolute Gasteiger partial charge is 0.319 e. The molecule has 1 atom stereocenters. The molecular formula is C21H23N7O2. The molecule has 1 aromatic heterocycles. The van der Waals surface area contributed by atoms with Crippen molar-refractivity contribution in [1.82, 2.24) is 30.4 Å². The van der Waals surface area contributed by atoms with Gasteiger partial charge in [-0.05, 0) is 47.0 Å². The summed E-state index contributed by atoms with van der Waals surface area (Å²) in [5, 5.41) is 17.1. The van der Waals surface area contributed by atoms with E-state index in [1.54, 1.807) is 0 Å². The quantitative estimate of drug-likeness (QED) is 0.655. The van der Waals surface area contributed by atoms with E-state index in [9.17, 15) is 9.59 Å². The molecule has 0 bridgehead atoms. The fraction of sp³-hybridized carbons (Fsp3) is 0.286. The van der Waals surface area contributed by atoms with E-state index in [-0.39, 0.29) is 18.0 Å². The third kappa shape index (κ3) is 4.45. The third-order valence-electron chi connectivity index (χ3n) is 5.16. The maximum atomic E-state index is 12.8. The van der Waals surface area contributed by atoms with Gasteiger partial charge in [0.25, 0.3) is 0 Å². The van der Waals surface area contributed by atoms with E-state index in [1.165, 1.54) is 11.0 Å². The van der Waals surface area contributed by atoms with Gasteiger partial charge in [-0.3, -0.25) is 4.79 Å². The van der Waals surface area contributed by atoms with Crippen LogP contribution < -0.4 is 10.6 Å². The predicted octanol–water partition coefficient (Wildman–Crippen LogP) is 2.46. The third-order valence-corrected chi connectivity index (χ3v) is 5.16. The van der Waals surface area contributed by atoms with Crippen LogP contribution in [0.4, 0.5) is 10.5 Å². The molecular weight excluding hydrogens is 382 g/mol. The number of carbonyl (C=O) groups is 2. The summed E-state index contributed by atoms with van der Waals surface area (Å²) in [6.45, 7) is 3.08. The summed E-state index contributed by atoms with van der Waals surface area (Å²) < 4.78 is 1.52. The Morgan fingerprint density at radius 3 is 2.73 bits per heavy atom. The average Bonchev–Trinajstić information content (AvgIpc) is 3.42. The molecule has 0 aliphatic carbocycles. The normalized spacial score (nSPS) is 14.6. The van der Waals surface area contributed by atoms with Crippen molar-refractivity contribution in [3.8, 4) is 5.69 Å². The fourth-order valence-electron chi connectivity index (χ4n) is 3.52. The molecule has 0 spiro atoms. The van der Waals surface area contributed by atoms with E-state index in [1.807, 2.05) is 60.4 Å². The Bertz CT molecular complexity index is 1020. The van der Waals surface area contributed by atoms with Gasteiger partial charge in [0, 0.05) is 25.2 Å². The summed E-state index contributed by atoms with van der Waals surface area (Å²) in [6, 6.07) is 14.6. The predicted molar refractivity (Wildman–Crippen MR) is 111 cm³/mol. The minimum Gasteiger partial charge on any atom is -0.340 e. The molecule has 4 rings (SSSR count). The van der Waals surface area contributed by atoms with Crippen molar-refractivity contribution in [3.63, 3.8) is 0 Å². The summed E-state index contributed by atoms with van der Waals surface area (Å²) in [4.78, 5) is 26.7. The van der Waals surface area contributed by atoms with Crippen LogP contribution >= 0.6 is 0 Å². The van der Waals surface area contributed by atoms with Gasteiger partial charge in [-0.15, -0.1) is 5.10 Å². The highest BCUT2D eigenvalue weighted by molar-refractivity contribution is 5.90. The van der Waals surface area contributed by atoms with Gasteiger partial charge in [-0.25, -0.2) is 9.48 Å². The van der Waals surface area contributed by atoms with E-state index >= 15 is 0 Å². The second-order valence-electron chi connectivity index (χ2n) is 7.26. The molecule has 1 saturated heterocycles. The van der Waals surface area contributed by atoms with Crippen LogP contribution in [0.15, 0.2) is 54.9 Å². The molecule has 1 aliphatic heterocycles. The van der Waals surface area contributed by atoms with E-state index < -0.39 is 0 Å². The zero-order valence-electron chi connectivity index (χ0n) is 16.7. The number of rotatable bonds is 6. The van der Waals surface area contributed by atoms with Gasteiger partial charge < -0.3 is 15.5 Å². The highest BCUT2D eigenvalue weighted by Crippen LogP contribution is 2.21. The van der Waals surface area contributed by atoms with Crippen molar-refractivity contribution in [3.05, 3.63) is 66.0 Å². The van der Waals surface area contributed by atoms with Gasteiger partial charge in [0.1, 0.15) is 6.33 Å². The molecule has 2 heterocycles. The number of likely N-dealkylation sites (tertiary alicyclic amines) is 1. The first-order chi connectivity index (χ1) is 14.6. The van der Waals surface area contributed by atoms with Crippen molar-refractivity contribution in [2.75, 3.05) is 18.4 Å². The van der Waals surface area contributed by atoms with Crippen LogP contribution in [0.25, 0.3) is 5.69 Å². The Labute approximate surface area is 174 Å². The number of benzene rings is 2. The van der Waals surface area contributed by atoms with Crippen LogP contribution in [0.2, 0.25) is 0 Å². The number of carbonyl (C=O) groups excluding carboxylic acids is 2. The Kier molecular flexibility index (Phi) is 5.69. The SMILES string of the molecule is Cc1ccc(-n2cnnn2)cc1NC(=O)N[C@@H](CN1CCCC1=O)c1ccccc1. The molecule has 3 aromatic rings. The van der Waals surface area contributed by atoms with Gasteiger partial charge in [-0.1, -0.05) is 36.4 Å². The number of nitrogens with one attached hydrogen (secondary N) is 2. The number of urea groups is 1. The number of amides is 3. The first-order valence-corrected chi connectivity index (χ1v) is 9.84. The fourth-order valence-corrected chi connectivity index (χ4v) is 3.52. The van der Waals surface area contributed by atoms with Gasteiger partial charge in [0.2, 0.25) is 5.91 Å². The Morgan fingerprint density at radius 1 is 1.20 bits per heavy atom. The zero-order valence-corrected chi connectivity index (χ0v) is 16.7. The van der Waals surface area contributed by atoms with E-state index in [2.05, 4.69) is 26.2 Å². The minimum atomic E-state index is -0.340. The molecule has 154 valence electrons. The summed E-state index contributed by atoms with van der Waals surface area (Å²) >= 11 is 0. The van der Waals surface area contributed by atoms with Crippen LogP contribution in [0.3, 0.4) is 0 Å². The Hall–Kier alpha value is -3.75. The Morgan fingerprint density at radius 2 is 2.03 bits per heavy atom. The summed E-state index contributed by atoms with van der Waals surface area (Å²) in [5.41, 5.74) is 3.26. The van der Waals surface area contributed by atoms with Crippen LogP contribution in [-0.4, -0.2) is 50.1 Å². The molecule has 0 radical (unpaired) electrons. The molecule has 9 nitrogen and oxygen atoms in total. The van der Waals surface area contributed by atoms with Crippen LogP contribution in [0, 0.1) is 6.92 Å². The number of aryl methyl sites for hydroxylation is 1. The molecule has 1 fully saturated rings. The first-order valence-electron chi connectivity index (χ1n) is 9.84. The van der Waals surface area contributed by atoms with Gasteiger partial charge >= 0.3 is 6.03 Å². The number of aromatic nitrogens is 4. The van der Waals surface area contributed by atoms with E-state index in [0.717, 1.165) is 29.8 Å². The summed E-state index contributed by atoms with van der Waals surface area (Å²) in [6.07, 6.45) is 2.92. The van der Waals surface area contributed by atoms with Crippen molar-refractivity contribution in [2.24, 2.45) is 0 Å². The molecule has 2 aromatic carbocycles. The molecule has 3 amide bonds. The summed E-state index contributed by atoms with van der Waals surface area (Å²) in [5.74, 6) is 0.128. The van der Waals surface area contributed by atoms with E-state index in [0.29, 0.717) is 18.7 Å². The second-order valence-corrected chi connectivity index (χ2v) is 7.26. The van der Waals surface area contributed by atoms with Crippen molar-refractivity contribution < 1.29 is 9.59 Å². The molecule has 30 heavy (non-hydrogen) atoms. The molecule has 2 N–H and O–H groups in total. The number of nitrogens with zero attached hydrogens (tertiary/aromatic N) is 5. The molecule has 0 saturated carbocycles. The highest BCUT2D eigenvalue weighted by Gasteiger charge is 2.25. The Balaban J connectivity index is 1.50. The highest BCUT2D eigenvalue weighted by atomic mass is 16.2. The number of anilines is 1. The van der Waals surface area contributed by atoms with Crippen LogP contribution in [0.1, 0.15) is 30.0 Å². The van der Waals surface area contributed by atoms with Gasteiger partial charge in [-0.2, -0.15) is 0 Å². The second kappa shape index (κ2) is 8.73. The van der Waals surface area contributed by atoms with Gasteiger partial charge in [0.05, 0.1) is 11.7 Å². The lowest BCUT2D eigenvalue weighted by Crippen LogP contribution is -2.40. The lowest BCUT2D eigenvalue weighted by molar-refractivity contribution is -0.128. The van der Waals surface area contributed by atoms with Gasteiger partial charge in [0.15, 0.2) is 0 Å². The van der Waals surface area contributed by atoms with E-state index in [4.69, 9.17) is 0 Å². The van der Waals surface area contributed by atoms with Crippen molar-refractivity contribution in [2.45, 2.75) is 25.8 Å². The lowest BCUT2D eigenvalue weighted by atomic mass is 10.1. The zero-order chi connectivity index (χ0) is 20.9. The minimum absolute atomic E-state index is 0.128. The number of tetrazole rings is 1. The monoisotopic (exact) mass is 405 g/mol. The van der Waals surface area contributed by atoms with Crippen molar-refractivity contribution in [1.29, 1.82) is 0 Å². The van der Waals surface area contributed by atoms with Crippen molar-refractivity contribution >= 4 is 17.6 Å². The molecule has 9 heteroatoms. The largest absolute Gasteiger partial charge is 0.340 e. The number of hydrogen-bond donors (Lipinski definition) is 2. The van der Waals surface area contributed by atoms with Crippen LogP contribution in [-0.2, 0) is 4.79 Å². The van der Waals surface area contributed by atoms with Crippen LogP contribution in [0.5, 0.6) is 0 Å². The number of hydrogen-bond acceptors (Lipinski definition) is 5. The average molecular weight is 405 g/mol. The topological polar surface area (TPSA) is 105 Å². The first kappa shape index (κ1) is 19.6. The molecule has 0 unspecified atom stereocenters.